The summed E-state index contributed by atoms with van der Waals surface area (Å²) in [5.74, 6) is 5.67. The first-order valence-corrected chi connectivity index (χ1v) is 6.00. The van der Waals surface area contributed by atoms with Crippen LogP contribution in [0, 0.1) is 23.7 Å². The fraction of sp³-hybridized carbons (Fsp3) is 0.750. The van der Waals surface area contributed by atoms with Gasteiger partial charge in [-0.1, -0.05) is 0 Å². The van der Waals surface area contributed by atoms with Crippen LogP contribution in [0.5, 0.6) is 0 Å². The molecule has 0 rings (SSSR count). The molecule has 0 aliphatic heterocycles. The quantitative estimate of drug-likeness (QED) is 0.338. The minimum absolute atomic E-state index is 0. The van der Waals surface area contributed by atoms with E-state index in [1.165, 1.54) is 23.7 Å². The molecule has 0 unspecified atom stereocenters. The maximum absolute atomic E-state index is 2.08. The SMILES string of the molecule is C[C-](C)C.C[C-](C)C.C[C-](C)C.C[C-](C)C.[Y].[Y].[Y]. The summed E-state index contributed by atoms with van der Waals surface area (Å²) in [7, 11) is 0. The van der Waals surface area contributed by atoms with E-state index in [4.69, 9.17) is 0 Å². The van der Waals surface area contributed by atoms with Crippen LogP contribution in [0.25, 0.3) is 0 Å². The van der Waals surface area contributed by atoms with Crippen molar-refractivity contribution in [2.24, 2.45) is 0 Å². The van der Waals surface area contributed by atoms with Gasteiger partial charge < -0.3 is 23.7 Å². The Morgan fingerprint density at radius 1 is 0.263 bits per heavy atom. The second-order valence-electron chi connectivity index (χ2n) is 6.00. The van der Waals surface area contributed by atoms with Crippen LogP contribution < -0.4 is 0 Å². The topological polar surface area (TPSA) is 0 Å². The average Bonchev–Trinajstić information content (AvgIpc) is 1.76. The minimum Gasteiger partial charge on any atom is -0.323 e. The van der Waals surface area contributed by atoms with Crippen molar-refractivity contribution in [1.82, 2.24) is 0 Å². The first-order chi connectivity index (χ1) is 6.93. The van der Waals surface area contributed by atoms with Gasteiger partial charge in [-0.3, -0.25) is 0 Å². The normalized spacial score (nSPS) is 7.58. The molecule has 0 aliphatic carbocycles. The second-order valence-corrected chi connectivity index (χ2v) is 6.00. The molecule has 3 radical (unpaired) electrons. The molecule has 0 aromatic carbocycles. The van der Waals surface area contributed by atoms with Crippen molar-refractivity contribution in [3.63, 3.8) is 0 Å². The molecule has 0 atom stereocenters. The van der Waals surface area contributed by atoms with Crippen molar-refractivity contribution in [3.8, 4) is 0 Å². The van der Waals surface area contributed by atoms with E-state index in [0.29, 0.717) is 0 Å². The zero-order chi connectivity index (χ0) is 14.3. The van der Waals surface area contributed by atoms with Crippen LogP contribution >= 0.6 is 0 Å². The zero-order valence-corrected chi connectivity index (χ0v) is 24.2. The molecule has 0 N–H and O–H groups in total. The van der Waals surface area contributed by atoms with Gasteiger partial charge in [0.05, 0.1) is 0 Å². The monoisotopic (exact) mass is 495 g/mol. The van der Waals surface area contributed by atoms with Crippen molar-refractivity contribution >= 4 is 0 Å². The van der Waals surface area contributed by atoms with Crippen LogP contribution in [-0.4, -0.2) is 0 Å². The summed E-state index contributed by atoms with van der Waals surface area (Å²) in [6.07, 6.45) is 0. The largest absolute Gasteiger partial charge is 0.323 e. The standard InChI is InChI=1S/4C4H9.3Y/c4*1-4(2)3;;;/h4*1-3H3;;;/q4*-1;;;. The van der Waals surface area contributed by atoms with Crippen molar-refractivity contribution in [3.05, 3.63) is 23.7 Å². The van der Waals surface area contributed by atoms with Gasteiger partial charge in [-0.25, -0.2) is 0 Å². The van der Waals surface area contributed by atoms with Crippen LogP contribution in [0.3, 0.4) is 0 Å². The molecule has 0 aromatic heterocycles. The van der Waals surface area contributed by atoms with Crippen LogP contribution in [0.2, 0.25) is 0 Å². The Morgan fingerprint density at radius 2 is 0.263 bits per heavy atom. The van der Waals surface area contributed by atoms with Gasteiger partial charge in [0, 0.05) is 98.1 Å². The predicted molar refractivity (Wildman–Crippen MR) is 81.1 cm³/mol. The summed E-state index contributed by atoms with van der Waals surface area (Å²) in [6.45, 7) is 25.0. The van der Waals surface area contributed by atoms with Gasteiger partial charge in [0.1, 0.15) is 0 Å². The Morgan fingerprint density at radius 3 is 0.263 bits per heavy atom. The molecule has 113 valence electrons. The smallest absolute Gasteiger partial charge is 0 e. The number of rotatable bonds is 0. The van der Waals surface area contributed by atoms with Gasteiger partial charge in [-0.2, -0.15) is 83.1 Å². The van der Waals surface area contributed by atoms with Gasteiger partial charge >= 0.3 is 0 Å². The van der Waals surface area contributed by atoms with E-state index >= 15 is 0 Å². The summed E-state index contributed by atoms with van der Waals surface area (Å²) in [4.78, 5) is 0. The molecule has 0 aromatic rings. The molecule has 0 spiro atoms. The summed E-state index contributed by atoms with van der Waals surface area (Å²) in [5.41, 5.74) is 0. The molecule has 19 heavy (non-hydrogen) atoms. The summed E-state index contributed by atoms with van der Waals surface area (Å²) < 4.78 is 0. The van der Waals surface area contributed by atoms with E-state index in [0.717, 1.165) is 0 Å². The van der Waals surface area contributed by atoms with Crippen LogP contribution in [0.15, 0.2) is 0 Å². The van der Waals surface area contributed by atoms with E-state index in [2.05, 4.69) is 83.1 Å². The maximum Gasteiger partial charge on any atom is 0 e. The molecule has 0 nitrogen and oxygen atoms in total. The van der Waals surface area contributed by atoms with Crippen molar-refractivity contribution in [2.45, 2.75) is 83.1 Å². The fourth-order valence-electron chi connectivity index (χ4n) is 0. The van der Waals surface area contributed by atoms with Crippen molar-refractivity contribution in [1.29, 1.82) is 0 Å². The third kappa shape index (κ3) is 725. The summed E-state index contributed by atoms with van der Waals surface area (Å²) in [6, 6.07) is 0. The van der Waals surface area contributed by atoms with Gasteiger partial charge in [0.15, 0.2) is 0 Å². The van der Waals surface area contributed by atoms with Crippen molar-refractivity contribution < 1.29 is 98.1 Å². The first kappa shape index (κ1) is 43.2. The van der Waals surface area contributed by atoms with E-state index in [1.807, 2.05) is 0 Å². The Balaban J connectivity index is -0.0000000192. The van der Waals surface area contributed by atoms with E-state index in [9.17, 15) is 0 Å². The Hall–Kier alpha value is 3.31. The van der Waals surface area contributed by atoms with Crippen LogP contribution in [0.1, 0.15) is 83.1 Å². The van der Waals surface area contributed by atoms with Crippen molar-refractivity contribution in [2.75, 3.05) is 0 Å². The summed E-state index contributed by atoms with van der Waals surface area (Å²) in [5, 5.41) is 0. The van der Waals surface area contributed by atoms with Crippen LogP contribution in [-0.2, 0) is 98.1 Å². The fourth-order valence-corrected chi connectivity index (χ4v) is 0. The third-order valence-corrected chi connectivity index (χ3v) is 0. The molecule has 0 saturated heterocycles. The molecular formula is C16H36Y3-4. The Kier molecular flexibility index (Phi) is 85.3. The molecule has 0 bridgehead atoms. The van der Waals surface area contributed by atoms with Gasteiger partial charge in [-0.05, 0) is 0 Å². The maximum atomic E-state index is 2.08. The van der Waals surface area contributed by atoms with Gasteiger partial charge in [0.2, 0.25) is 0 Å². The Bertz CT molecular complexity index is 55.0. The molecule has 0 heterocycles. The van der Waals surface area contributed by atoms with E-state index in [-0.39, 0.29) is 98.1 Å². The molecule has 0 aliphatic rings. The van der Waals surface area contributed by atoms with Gasteiger partial charge in [-0.15, -0.1) is 0 Å². The predicted octanol–water partition coefficient (Wildman–Crippen LogP) is 6.47. The van der Waals surface area contributed by atoms with Gasteiger partial charge in [0.25, 0.3) is 0 Å². The average molecular weight is 495 g/mol. The minimum atomic E-state index is 0. The van der Waals surface area contributed by atoms with Crippen LogP contribution in [0.4, 0.5) is 0 Å². The zero-order valence-electron chi connectivity index (χ0n) is 15.7. The van der Waals surface area contributed by atoms with E-state index < -0.39 is 0 Å². The molecule has 0 amide bonds. The summed E-state index contributed by atoms with van der Waals surface area (Å²) >= 11 is 0. The molecule has 0 fully saturated rings. The molecule has 0 saturated carbocycles. The number of hydrogen-bond acceptors (Lipinski definition) is 0. The molecular weight excluding hydrogens is 459 g/mol. The third-order valence-electron chi connectivity index (χ3n) is 0. The van der Waals surface area contributed by atoms with E-state index in [1.54, 1.807) is 0 Å². The number of hydrogen-bond donors (Lipinski definition) is 0. The second kappa shape index (κ2) is 37.5. The molecule has 3 heteroatoms. The Labute approximate surface area is 201 Å². The first-order valence-electron chi connectivity index (χ1n) is 6.00.